The topological polar surface area (TPSA) is 58.6 Å². The van der Waals surface area contributed by atoms with E-state index in [2.05, 4.69) is 29.0 Å². The maximum absolute atomic E-state index is 14.7. The van der Waals surface area contributed by atoms with Crippen molar-refractivity contribution in [2.24, 2.45) is 23.2 Å². The number of nitrogens with one attached hydrogen (secondary N) is 1. The summed E-state index contributed by atoms with van der Waals surface area (Å²) in [5, 5.41) is 2.77. The first-order valence-electron chi connectivity index (χ1n) is 18.2. The zero-order valence-corrected chi connectivity index (χ0v) is 31.0. The van der Waals surface area contributed by atoms with E-state index in [9.17, 15) is 22.8 Å². The van der Waals surface area contributed by atoms with Gasteiger partial charge in [0.05, 0.1) is 10.6 Å². The zero-order valence-electron chi connectivity index (χ0n) is 30.2. The second-order valence-electron chi connectivity index (χ2n) is 16.0. The predicted molar refractivity (Wildman–Crippen MR) is 189 cm³/mol. The molecule has 1 aromatic rings. The number of hydrogen-bond acceptors (Lipinski definition) is 5. The van der Waals surface area contributed by atoms with Gasteiger partial charge >= 0.3 is 12.3 Å². The number of ketones is 1. The number of amides is 1. The van der Waals surface area contributed by atoms with Crippen molar-refractivity contribution < 1.29 is 27.5 Å². The smallest absolute Gasteiger partial charge is 0.427 e. The highest BCUT2D eigenvalue weighted by Crippen LogP contribution is 2.52. The molecule has 0 aliphatic heterocycles. The lowest BCUT2D eigenvalue weighted by molar-refractivity contribution is -0.133. The molecule has 48 heavy (non-hydrogen) atoms. The van der Waals surface area contributed by atoms with Gasteiger partial charge < -0.3 is 15.0 Å². The molecule has 3 aliphatic rings. The third-order valence-electron chi connectivity index (χ3n) is 10.1. The molecule has 0 radical (unpaired) electrons. The minimum absolute atomic E-state index is 0.0665. The number of carbonyl (C=O) groups excluding carboxylic acids is 2. The molecule has 268 valence electrons. The molecule has 1 amide bonds. The van der Waals surface area contributed by atoms with Gasteiger partial charge in [0, 0.05) is 36.0 Å². The van der Waals surface area contributed by atoms with E-state index in [-0.39, 0.29) is 29.3 Å². The van der Waals surface area contributed by atoms with E-state index >= 15 is 0 Å². The number of hydrogen-bond donors (Lipinski definition) is 1. The number of thiophene rings is 1. The summed E-state index contributed by atoms with van der Waals surface area (Å²) in [6.07, 6.45) is 6.77. The van der Waals surface area contributed by atoms with E-state index < -0.39 is 28.2 Å². The van der Waals surface area contributed by atoms with E-state index in [1.54, 1.807) is 6.07 Å². The number of alkyl carbamates (subject to hydrolysis) is 1. The Labute approximate surface area is 290 Å². The lowest BCUT2D eigenvalue weighted by Crippen LogP contribution is -2.44. The van der Waals surface area contributed by atoms with Crippen LogP contribution in [0.4, 0.5) is 23.7 Å². The second-order valence-corrected chi connectivity index (χ2v) is 17.1. The third kappa shape index (κ3) is 10.8. The lowest BCUT2D eigenvalue weighted by Gasteiger charge is -2.45. The Bertz CT molecular complexity index is 1360. The van der Waals surface area contributed by atoms with Gasteiger partial charge in [-0.1, -0.05) is 58.8 Å². The average Bonchev–Trinajstić information content (AvgIpc) is 3.73. The van der Waals surface area contributed by atoms with Crippen LogP contribution in [0.1, 0.15) is 148 Å². The first kappa shape index (κ1) is 38.3. The Morgan fingerprint density at radius 2 is 1.69 bits per heavy atom. The number of ether oxygens (including phenoxy) is 1. The summed E-state index contributed by atoms with van der Waals surface area (Å²) in [7, 11) is 0. The highest BCUT2D eigenvalue weighted by Gasteiger charge is 2.45. The molecule has 0 unspecified atom stereocenters. The molecule has 4 rings (SSSR count). The van der Waals surface area contributed by atoms with E-state index in [0.29, 0.717) is 49.4 Å². The maximum atomic E-state index is 14.7. The maximum Gasteiger partial charge on any atom is 0.427 e. The third-order valence-corrected chi connectivity index (χ3v) is 11.2. The molecule has 1 heterocycles. The van der Waals surface area contributed by atoms with Crippen LogP contribution in [0.5, 0.6) is 0 Å². The van der Waals surface area contributed by atoms with E-state index in [1.165, 1.54) is 5.57 Å². The van der Waals surface area contributed by atoms with Crippen LogP contribution in [0.15, 0.2) is 17.3 Å². The molecule has 0 spiro atoms. The Morgan fingerprint density at radius 1 is 1.04 bits per heavy atom. The fourth-order valence-electron chi connectivity index (χ4n) is 7.24. The minimum Gasteiger partial charge on any atom is -0.444 e. The Hall–Kier alpha value is -2.47. The molecule has 3 fully saturated rings. The van der Waals surface area contributed by atoms with Crippen molar-refractivity contribution in [3.63, 3.8) is 0 Å². The number of nitrogens with zero attached hydrogens (tertiary/aromatic N) is 1. The van der Waals surface area contributed by atoms with Crippen molar-refractivity contribution in [1.82, 2.24) is 5.32 Å². The van der Waals surface area contributed by atoms with E-state index in [1.807, 2.05) is 41.5 Å². The van der Waals surface area contributed by atoms with Gasteiger partial charge in [0.15, 0.2) is 0 Å². The largest absolute Gasteiger partial charge is 0.444 e. The van der Waals surface area contributed by atoms with Gasteiger partial charge in [0.2, 0.25) is 0 Å². The van der Waals surface area contributed by atoms with Crippen LogP contribution in [-0.2, 0) is 15.7 Å². The van der Waals surface area contributed by atoms with Gasteiger partial charge in [0.25, 0.3) is 0 Å². The van der Waals surface area contributed by atoms with Gasteiger partial charge in [-0.15, -0.1) is 11.3 Å². The van der Waals surface area contributed by atoms with Crippen molar-refractivity contribution in [2.75, 3.05) is 11.4 Å². The summed E-state index contributed by atoms with van der Waals surface area (Å²) >= 11 is 0.773. The first-order chi connectivity index (χ1) is 22.5. The van der Waals surface area contributed by atoms with Crippen molar-refractivity contribution in [1.29, 1.82) is 0 Å². The molecule has 0 bridgehead atoms. The van der Waals surface area contributed by atoms with Crippen LogP contribution in [0, 0.1) is 35.0 Å². The number of rotatable bonds is 11. The standard InChI is InChI=1S/C39H57F3N2O3S/c1-26(2)12-19-31-25-32(35(48-31)39(40,41)42)44(34(29-17-18-29)28-15-13-27(3)14-16-28)30-20-22-38(7,23-21-30)33(45)11-9-8-10-24-43-36(46)47-37(4,5)6/h25-28,30H,8-11,13-18,20-24H2,1-7H3,(H,43,46). The monoisotopic (exact) mass is 690 g/mol. The Morgan fingerprint density at radius 3 is 2.25 bits per heavy atom. The Balaban J connectivity index is 1.49. The summed E-state index contributed by atoms with van der Waals surface area (Å²) in [5.74, 6) is 7.33. The number of allylic oxidation sites excluding steroid dienone is 2. The molecule has 5 nitrogen and oxygen atoms in total. The zero-order chi connectivity index (χ0) is 35.3. The summed E-state index contributed by atoms with van der Waals surface area (Å²) < 4.78 is 49.5. The lowest BCUT2D eigenvalue weighted by atomic mass is 9.69. The first-order valence-corrected chi connectivity index (χ1v) is 19.0. The Kier molecular flexibility index (Phi) is 12.8. The van der Waals surface area contributed by atoms with Crippen LogP contribution >= 0.6 is 11.3 Å². The SMILES string of the molecule is CC(C)C#Cc1cc(N(C(=C2CC2)C2CCC(C)CC2)C2CCC(C)(C(=O)CCCCCNC(=O)OC(C)(C)C)CC2)c(C(F)(F)F)s1. The average molecular weight is 691 g/mol. The van der Waals surface area contributed by atoms with Gasteiger partial charge in [-0.3, -0.25) is 4.79 Å². The molecule has 0 atom stereocenters. The number of Topliss-reactive ketones (excluding diaryl/α,β-unsaturated/α-hetero) is 1. The van der Waals surface area contributed by atoms with Crippen molar-refractivity contribution >= 4 is 28.9 Å². The van der Waals surface area contributed by atoms with Crippen molar-refractivity contribution in [2.45, 2.75) is 156 Å². The van der Waals surface area contributed by atoms with Gasteiger partial charge in [-0.25, -0.2) is 4.79 Å². The van der Waals surface area contributed by atoms with Gasteiger partial charge in [-0.05, 0) is 108 Å². The predicted octanol–water partition coefficient (Wildman–Crippen LogP) is 11.1. The normalized spacial score (nSPS) is 24.5. The van der Waals surface area contributed by atoms with Crippen molar-refractivity contribution in [3.05, 3.63) is 27.1 Å². The number of unbranched alkanes of at least 4 members (excludes halogenated alkanes) is 2. The van der Waals surface area contributed by atoms with Crippen molar-refractivity contribution in [3.8, 4) is 11.8 Å². The highest BCUT2D eigenvalue weighted by molar-refractivity contribution is 7.13. The molecule has 1 aromatic heterocycles. The van der Waals surface area contributed by atoms with E-state index in [4.69, 9.17) is 4.74 Å². The van der Waals surface area contributed by atoms with Crippen LogP contribution < -0.4 is 10.2 Å². The van der Waals surface area contributed by atoms with Gasteiger partial charge in [0.1, 0.15) is 16.3 Å². The number of alkyl halides is 3. The molecular formula is C39H57F3N2O3S. The van der Waals surface area contributed by atoms with E-state index in [0.717, 1.165) is 74.8 Å². The highest BCUT2D eigenvalue weighted by atomic mass is 32.1. The van der Waals surface area contributed by atoms with Crippen LogP contribution in [0.2, 0.25) is 0 Å². The summed E-state index contributed by atoms with van der Waals surface area (Å²) in [6, 6.07) is 1.61. The second kappa shape index (κ2) is 16.0. The molecule has 3 saturated carbocycles. The molecule has 0 saturated heterocycles. The summed E-state index contributed by atoms with van der Waals surface area (Å²) in [4.78, 5) is 27.4. The molecule has 0 aromatic carbocycles. The van der Waals surface area contributed by atoms with Crippen LogP contribution in [0.3, 0.4) is 0 Å². The number of halogens is 3. The quantitative estimate of drug-likeness (QED) is 0.185. The van der Waals surface area contributed by atoms with Crippen LogP contribution in [0.25, 0.3) is 0 Å². The van der Waals surface area contributed by atoms with Gasteiger partial charge in [-0.2, -0.15) is 13.2 Å². The molecule has 9 heteroatoms. The number of anilines is 1. The fraction of sp³-hybridized carbons (Fsp3) is 0.744. The summed E-state index contributed by atoms with van der Waals surface area (Å²) in [6.45, 7) is 14.2. The minimum atomic E-state index is -4.47. The fourth-order valence-corrected chi connectivity index (χ4v) is 8.12. The summed E-state index contributed by atoms with van der Waals surface area (Å²) in [5.41, 5.74) is 1.72. The molecule has 1 N–H and O–H groups in total. The van der Waals surface area contributed by atoms with Crippen LogP contribution in [-0.4, -0.2) is 30.1 Å². The molecule has 3 aliphatic carbocycles. The number of carbonyl (C=O) groups is 2. The molecular weight excluding hydrogens is 634 g/mol.